The predicted octanol–water partition coefficient (Wildman–Crippen LogP) is 0.0277. The van der Waals surface area contributed by atoms with E-state index in [4.69, 9.17) is 4.74 Å². The largest absolute Gasteiger partial charge is 0.465 e. The minimum atomic E-state index is -0.439. The second kappa shape index (κ2) is 5.69. The summed E-state index contributed by atoms with van der Waals surface area (Å²) in [5.41, 5.74) is -0.335. The summed E-state index contributed by atoms with van der Waals surface area (Å²) in [5, 5.41) is 5.21. The molecule has 1 unspecified atom stereocenters. The van der Waals surface area contributed by atoms with Crippen molar-refractivity contribution in [2.75, 3.05) is 26.4 Å². The molecule has 6 nitrogen and oxygen atoms in total. The van der Waals surface area contributed by atoms with E-state index >= 15 is 0 Å². The van der Waals surface area contributed by atoms with Gasteiger partial charge in [-0.2, -0.15) is 0 Å². The maximum absolute atomic E-state index is 11.4. The average Bonchev–Trinajstić information content (AvgIpc) is 2.62. The molecule has 0 saturated carbocycles. The maximum atomic E-state index is 11.4. The van der Waals surface area contributed by atoms with E-state index in [9.17, 15) is 9.59 Å². The molecule has 1 heterocycles. The molecule has 16 heavy (non-hydrogen) atoms. The third kappa shape index (κ3) is 4.06. The highest BCUT2D eigenvalue weighted by Crippen LogP contribution is 2.16. The molecule has 1 atom stereocenters. The number of urea groups is 1. The van der Waals surface area contributed by atoms with Crippen molar-refractivity contribution < 1.29 is 19.1 Å². The molecule has 1 aliphatic rings. The lowest BCUT2D eigenvalue weighted by atomic mass is 10.0. The van der Waals surface area contributed by atoms with Crippen molar-refractivity contribution in [1.82, 2.24) is 10.6 Å². The molecule has 0 aromatic rings. The number of esters is 1. The fourth-order valence-electron chi connectivity index (χ4n) is 1.45. The van der Waals surface area contributed by atoms with Crippen LogP contribution in [0.3, 0.4) is 0 Å². The first kappa shape index (κ1) is 12.8. The Hall–Kier alpha value is -1.30. The normalized spacial score (nSPS) is 23.9. The summed E-state index contributed by atoms with van der Waals surface area (Å²) in [4.78, 5) is 22.4. The number of ether oxygens (including phenoxy) is 2. The van der Waals surface area contributed by atoms with Crippen molar-refractivity contribution in [2.45, 2.75) is 25.8 Å². The second-order valence-corrected chi connectivity index (χ2v) is 3.98. The summed E-state index contributed by atoms with van der Waals surface area (Å²) in [7, 11) is 0. The Balaban J connectivity index is 2.22. The van der Waals surface area contributed by atoms with Crippen LogP contribution >= 0.6 is 0 Å². The Labute approximate surface area is 94.7 Å². The molecular formula is C10H18N2O4. The molecule has 0 aromatic carbocycles. The van der Waals surface area contributed by atoms with Crippen molar-refractivity contribution in [3.05, 3.63) is 0 Å². The fraction of sp³-hybridized carbons (Fsp3) is 0.800. The fourth-order valence-corrected chi connectivity index (χ4v) is 1.45. The first-order chi connectivity index (χ1) is 7.56. The van der Waals surface area contributed by atoms with Crippen molar-refractivity contribution in [2.24, 2.45) is 0 Å². The Morgan fingerprint density at radius 1 is 1.50 bits per heavy atom. The van der Waals surface area contributed by atoms with Gasteiger partial charge in [0.15, 0.2) is 0 Å². The quantitative estimate of drug-likeness (QED) is 0.668. The lowest BCUT2D eigenvalue weighted by Crippen LogP contribution is -2.51. The van der Waals surface area contributed by atoms with E-state index < -0.39 is 5.97 Å². The number of carbonyl (C=O) groups excluding carboxylic acids is 2. The third-order valence-electron chi connectivity index (χ3n) is 2.33. The molecule has 6 heteroatoms. The van der Waals surface area contributed by atoms with Gasteiger partial charge in [0.2, 0.25) is 0 Å². The lowest BCUT2D eigenvalue weighted by Gasteiger charge is -2.23. The number of carbonyl (C=O) groups is 2. The molecule has 1 rings (SSSR count). The van der Waals surface area contributed by atoms with E-state index in [1.807, 2.05) is 6.92 Å². The molecule has 1 fully saturated rings. The van der Waals surface area contributed by atoms with Crippen molar-refractivity contribution in [3.8, 4) is 0 Å². The van der Waals surface area contributed by atoms with Gasteiger partial charge in [0.1, 0.15) is 6.54 Å². The number of nitrogens with one attached hydrogen (secondary N) is 2. The van der Waals surface area contributed by atoms with Gasteiger partial charge >= 0.3 is 12.0 Å². The summed E-state index contributed by atoms with van der Waals surface area (Å²) in [6.07, 6.45) is 0.778. The highest BCUT2D eigenvalue weighted by Gasteiger charge is 2.31. The van der Waals surface area contributed by atoms with Gasteiger partial charge in [-0.05, 0) is 20.3 Å². The Bertz CT molecular complexity index is 262. The van der Waals surface area contributed by atoms with Crippen LogP contribution in [0.25, 0.3) is 0 Å². The van der Waals surface area contributed by atoms with Crippen LogP contribution in [0, 0.1) is 0 Å². The van der Waals surface area contributed by atoms with Gasteiger partial charge in [0.05, 0.1) is 18.8 Å². The van der Waals surface area contributed by atoms with Gasteiger partial charge in [-0.1, -0.05) is 0 Å². The van der Waals surface area contributed by atoms with Gasteiger partial charge in [-0.3, -0.25) is 4.79 Å². The van der Waals surface area contributed by atoms with Crippen LogP contribution in [0.15, 0.2) is 0 Å². The minimum Gasteiger partial charge on any atom is -0.465 e. The topological polar surface area (TPSA) is 76.7 Å². The van der Waals surface area contributed by atoms with E-state index in [0.29, 0.717) is 19.8 Å². The SMILES string of the molecule is CCOC(=O)CNC(=O)NC1(C)CCOC1. The van der Waals surface area contributed by atoms with Gasteiger partial charge in [0, 0.05) is 6.61 Å². The highest BCUT2D eigenvalue weighted by atomic mass is 16.5. The monoisotopic (exact) mass is 230 g/mol. The van der Waals surface area contributed by atoms with Gasteiger partial charge in [-0.15, -0.1) is 0 Å². The van der Waals surface area contributed by atoms with E-state index in [-0.39, 0.29) is 18.1 Å². The van der Waals surface area contributed by atoms with Crippen LogP contribution in [0.4, 0.5) is 4.79 Å². The molecule has 0 radical (unpaired) electrons. The standard InChI is InChI=1S/C10H18N2O4/c1-3-16-8(13)6-11-9(14)12-10(2)4-5-15-7-10/h3-7H2,1-2H3,(H2,11,12,14). The zero-order chi connectivity index (χ0) is 12.0. The molecule has 0 aliphatic carbocycles. The summed E-state index contributed by atoms with van der Waals surface area (Å²) in [5.74, 6) is -0.439. The predicted molar refractivity (Wildman–Crippen MR) is 57.0 cm³/mol. The zero-order valence-corrected chi connectivity index (χ0v) is 9.67. The van der Waals surface area contributed by atoms with Crippen LogP contribution in [-0.2, 0) is 14.3 Å². The van der Waals surface area contributed by atoms with Crippen LogP contribution < -0.4 is 10.6 Å². The second-order valence-electron chi connectivity index (χ2n) is 3.98. The molecule has 2 N–H and O–H groups in total. The van der Waals surface area contributed by atoms with Crippen LogP contribution in [0.1, 0.15) is 20.3 Å². The maximum Gasteiger partial charge on any atom is 0.325 e. The Kier molecular flexibility index (Phi) is 4.54. The third-order valence-corrected chi connectivity index (χ3v) is 2.33. The van der Waals surface area contributed by atoms with E-state index in [2.05, 4.69) is 15.4 Å². The lowest BCUT2D eigenvalue weighted by molar-refractivity contribution is -0.141. The average molecular weight is 230 g/mol. The molecule has 0 aromatic heterocycles. The van der Waals surface area contributed by atoms with Gasteiger partial charge in [-0.25, -0.2) is 4.79 Å². The summed E-state index contributed by atoms with van der Waals surface area (Å²) >= 11 is 0. The van der Waals surface area contributed by atoms with E-state index in [1.54, 1.807) is 6.92 Å². The van der Waals surface area contributed by atoms with E-state index in [1.165, 1.54) is 0 Å². The molecule has 1 saturated heterocycles. The minimum absolute atomic E-state index is 0.114. The Morgan fingerprint density at radius 3 is 2.81 bits per heavy atom. The molecule has 92 valence electrons. The summed E-state index contributed by atoms with van der Waals surface area (Å²) < 4.78 is 9.87. The van der Waals surface area contributed by atoms with Crippen LogP contribution in [0.5, 0.6) is 0 Å². The number of amides is 2. The van der Waals surface area contributed by atoms with Crippen LogP contribution in [-0.4, -0.2) is 43.9 Å². The number of hydrogen-bond acceptors (Lipinski definition) is 4. The Morgan fingerprint density at radius 2 is 2.25 bits per heavy atom. The zero-order valence-electron chi connectivity index (χ0n) is 9.67. The highest BCUT2D eigenvalue weighted by molar-refractivity contribution is 5.81. The molecular weight excluding hydrogens is 212 g/mol. The summed E-state index contributed by atoms with van der Waals surface area (Å²) in [6, 6.07) is -0.374. The van der Waals surface area contributed by atoms with Gasteiger partial charge < -0.3 is 20.1 Å². The first-order valence-corrected chi connectivity index (χ1v) is 5.35. The van der Waals surface area contributed by atoms with Crippen LogP contribution in [0.2, 0.25) is 0 Å². The number of hydrogen-bond donors (Lipinski definition) is 2. The van der Waals surface area contributed by atoms with Crippen molar-refractivity contribution in [1.29, 1.82) is 0 Å². The molecule has 0 bridgehead atoms. The molecule has 2 amide bonds. The summed E-state index contributed by atoms with van der Waals surface area (Å²) in [6.45, 7) is 4.97. The number of rotatable bonds is 4. The molecule has 1 aliphatic heterocycles. The smallest absolute Gasteiger partial charge is 0.325 e. The van der Waals surface area contributed by atoms with E-state index in [0.717, 1.165) is 6.42 Å². The van der Waals surface area contributed by atoms with Crippen molar-refractivity contribution >= 4 is 12.0 Å². The first-order valence-electron chi connectivity index (χ1n) is 5.35. The van der Waals surface area contributed by atoms with Crippen molar-refractivity contribution in [3.63, 3.8) is 0 Å². The van der Waals surface area contributed by atoms with Gasteiger partial charge in [0.25, 0.3) is 0 Å². The molecule has 0 spiro atoms.